The zero-order valence-corrected chi connectivity index (χ0v) is 10.4. The Morgan fingerprint density at radius 3 is 2.71 bits per heavy atom. The summed E-state index contributed by atoms with van der Waals surface area (Å²) < 4.78 is 0. The Bertz CT molecular complexity index is 446. The molecule has 3 nitrogen and oxygen atoms in total. The second kappa shape index (κ2) is 5.64. The van der Waals surface area contributed by atoms with Crippen molar-refractivity contribution in [3.63, 3.8) is 0 Å². The van der Waals surface area contributed by atoms with Crippen molar-refractivity contribution in [2.45, 2.75) is 26.3 Å². The van der Waals surface area contributed by atoms with E-state index in [-0.39, 0.29) is 0 Å². The van der Waals surface area contributed by atoms with Gasteiger partial charge in [-0.2, -0.15) is 0 Å². The number of benzene rings is 1. The van der Waals surface area contributed by atoms with Crippen LogP contribution < -0.4 is 5.32 Å². The largest absolute Gasteiger partial charge is 0.342 e. The molecule has 90 valence electrons. The van der Waals surface area contributed by atoms with Gasteiger partial charge in [0.15, 0.2) is 0 Å². The molecule has 0 saturated carbocycles. The molecule has 2 N–H and O–H groups in total. The van der Waals surface area contributed by atoms with Crippen LogP contribution in [0.25, 0.3) is 11.3 Å². The number of aromatic amines is 1. The number of nitrogens with zero attached hydrogens (tertiary/aromatic N) is 1. The zero-order chi connectivity index (χ0) is 12.1. The highest BCUT2D eigenvalue weighted by atomic mass is 14.9. The molecular weight excluding hydrogens is 210 g/mol. The van der Waals surface area contributed by atoms with E-state index in [4.69, 9.17) is 0 Å². The van der Waals surface area contributed by atoms with Gasteiger partial charge in [-0.1, -0.05) is 44.2 Å². The normalized spacial score (nSPS) is 11.0. The van der Waals surface area contributed by atoms with Crippen molar-refractivity contribution in [3.8, 4) is 11.3 Å². The topological polar surface area (TPSA) is 40.7 Å². The molecule has 0 spiro atoms. The van der Waals surface area contributed by atoms with Crippen LogP contribution in [-0.2, 0) is 6.42 Å². The molecule has 1 heterocycles. The second-order valence-corrected chi connectivity index (χ2v) is 4.47. The molecule has 0 fully saturated rings. The maximum atomic E-state index is 4.39. The summed E-state index contributed by atoms with van der Waals surface area (Å²) in [6.45, 7) is 5.26. The summed E-state index contributed by atoms with van der Waals surface area (Å²) in [5.74, 6) is 1.04. The van der Waals surface area contributed by atoms with Crippen LogP contribution in [0.5, 0.6) is 0 Å². The van der Waals surface area contributed by atoms with Gasteiger partial charge in [0.2, 0.25) is 0 Å². The van der Waals surface area contributed by atoms with Crippen LogP contribution >= 0.6 is 0 Å². The van der Waals surface area contributed by atoms with Crippen LogP contribution in [0.3, 0.4) is 0 Å². The van der Waals surface area contributed by atoms with Crippen LogP contribution in [0.2, 0.25) is 0 Å². The molecule has 0 saturated heterocycles. The number of hydrogen-bond acceptors (Lipinski definition) is 2. The van der Waals surface area contributed by atoms with Crippen molar-refractivity contribution < 1.29 is 0 Å². The lowest BCUT2D eigenvalue weighted by atomic mass is 10.2. The van der Waals surface area contributed by atoms with Gasteiger partial charge in [-0.25, -0.2) is 4.98 Å². The first kappa shape index (κ1) is 11.9. The van der Waals surface area contributed by atoms with Gasteiger partial charge in [0, 0.05) is 19.0 Å². The Kier molecular flexibility index (Phi) is 3.94. The number of aromatic nitrogens is 2. The fourth-order valence-corrected chi connectivity index (χ4v) is 1.73. The number of imidazole rings is 1. The van der Waals surface area contributed by atoms with Crippen molar-refractivity contribution >= 4 is 0 Å². The number of rotatable bonds is 5. The van der Waals surface area contributed by atoms with E-state index in [2.05, 4.69) is 41.3 Å². The van der Waals surface area contributed by atoms with E-state index < -0.39 is 0 Å². The van der Waals surface area contributed by atoms with Crippen LogP contribution in [-0.4, -0.2) is 22.6 Å². The molecule has 0 amide bonds. The quantitative estimate of drug-likeness (QED) is 0.827. The zero-order valence-electron chi connectivity index (χ0n) is 10.4. The first-order valence-corrected chi connectivity index (χ1v) is 6.08. The standard InChI is InChI=1S/C14H19N3/c1-11(2)15-9-8-14-16-10-13(17-14)12-6-4-3-5-7-12/h3-7,10-11,15H,8-9H2,1-2H3,(H,16,17). The number of H-pyrrole nitrogens is 1. The molecule has 0 atom stereocenters. The van der Waals surface area contributed by atoms with E-state index in [1.807, 2.05) is 24.4 Å². The second-order valence-electron chi connectivity index (χ2n) is 4.47. The van der Waals surface area contributed by atoms with E-state index >= 15 is 0 Å². The van der Waals surface area contributed by atoms with Gasteiger partial charge in [-0.3, -0.25) is 0 Å². The number of nitrogens with one attached hydrogen (secondary N) is 2. The fraction of sp³-hybridized carbons (Fsp3) is 0.357. The molecule has 3 heteroatoms. The average Bonchev–Trinajstić information content (AvgIpc) is 2.78. The predicted molar refractivity (Wildman–Crippen MR) is 70.9 cm³/mol. The van der Waals surface area contributed by atoms with Crippen molar-refractivity contribution in [3.05, 3.63) is 42.4 Å². The van der Waals surface area contributed by atoms with E-state index in [0.717, 1.165) is 24.5 Å². The maximum absolute atomic E-state index is 4.39. The molecule has 2 aromatic rings. The Balaban J connectivity index is 1.97. The van der Waals surface area contributed by atoms with Crippen molar-refractivity contribution in [1.82, 2.24) is 15.3 Å². The molecule has 0 bridgehead atoms. The highest BCUT2D eigenvalue weighted by Gasteiger charge is 2.02. The third-order valence-corrected chi connectivity index (χ3v) is 2.63. The van der Waals surface area contributed by atoms with Gasteiger partial charge < -0.3 is 10.3 Å². The monoisotopic (exact) mass is 229 g/mol. The molecule has 0 aliphatic rings. The lowest BCUT2D eigenvalue weighted by Crippen LogP contribution is -2.25. The molecule has 0 unspecified atom stereocenters. The van der Waals surface area contributed by atoms with Gasteiger partial charge in [0.25, 0.3) is 0 Å². The molecule has 0 aliphatic heterocycles. The van der Waals surface area contributed by atoms with Gasteiger partial charge in [-0.15, -0.1) is 0 Å². The Hall–Kier alpha value is -1.61. The summed E-state index contributed by atoms with van der Waals surface area (Å²) in [7, 11) is 0. The number of hydrogen-bond donors (Lipinski definition) is 2. The average molecular weight is 229 g/mol. The first-order valence-electron chi connectivity index (χ1n) is 6.08. The molecule has 0 radical (unpaired) electrons. The van der Waals surface area contributed by atoms with Crippen LogP contribution in [0.4, 0.5) is 0 Å². The lowest BCUT2D eigenvalue weighted by Gasteiger charge is -2.05. The Morgan fingerprint density at radius 1 is 1.24 bits per heavy atom. The van der Waals surface area contributed by atoms with Gasteiger partial charge in [0.1, 0.15) is 5.82 Å². The highest BCUT2D eigenvalue weighted by Crippen LogP contribution is 2.15. The molecule has 1 aromatic heterocycles. The lowest BCUT2D eigenvalue weighted by molar-refractivity contribution is 0.584. The van der Waals surface area contributed by atoms with E-state index in [9.17, 15) is 0 Å². The van der Waals surface area contributed by atoms with Crippen molar-refractivity contribution in [2.24, 2.45) is 0 Å². The van der Waals surface area contributed by atoms with Crippen LogP contribution in [0.15, 0.2) is 36.5 Å². The minimum absolute atomic E-state index is 0.526. The van der Waals surface area contributed by atoms with E-state index in [0.29, 0.717) is 6.04 Å². The SMILES string of the molecule is CC(C)NCCc1ncc(-c2ccccc2)[nH]1. The molecule has 1 aromatic carbocycles. The fourth-order valence-electron chi connectivity index (χ4n) is 1.73. The van der Waals surface area contributed by atoms with E-state index in [1.54, 1.807) is 0 Å². The maximum Gasteiger partial charge on any atom is 0.107 e. The summed E-state index contributed by atoms with van der Waals surface area (Å²) in [5.41, 5.74) is 2.27. The van der Waals surface area contributed by atoms with Crippen molar-refractivity contribution in [1.29, 1.82) is 0 Å². The summed E-state index contributed by atoms with van der Waals surface area (Å²) >= 11 is 0. The Labute approximate surface area is 102 Å². The third kappa shape index (κ3) is 3.43. The molecule has 0 aliphatic carbocycles. The van der Waals surface area contributed by atoms with Gasteiger partial charge in [-0.05, 0) is 5.56 Å². The van der Waals surface area contributed by atoms with Crippen LogP contribution in [0.1, 0.15) is 19.7 Å². The predicted octanol–water partition coefficient (Wildman–Crippen LogP) is 2.62. The molecular formula is C14H19N3. The van der Waals surface area contributed by atoms with Gasteiger partial charge in [0.05, 0.1) is 11.9 Å². The minimum Gasteiger partial charge on any atom is -0.342 e. The third-order valence-electron chi connectivity index (χ3n) is 2.63. The molecule has 17 heavy (non-hydrogen) atoms. The summed E-state index contributed by atoms with van der Waals surface area (Å²) in [6.07, 6.45) is 2.84. The molecule has 2 rings (SSSR count). The van der Waals surface area contributed by atoms with Crippen LogP contribution in [0, 0.1) is 0 Å². The van der Waals surface area contributed by atoms with E-state index in [1.165, 1.54) is 5.56 Å². The van der Waals surface area contributed by atoms with Gasteiger partial charge >= 0.3 is 0 Å². The first-order chi connectivity index (χ1) is 8.25. The summed E-state index contributed by atoms with van der Waals surface area (Å²) in [4.78, 5) is 7.75. The summed E-state index contributed by atoms with van der Waals surface area (Å²) in [6, 6.07) is 10.8. The smallest absolute Gasteiger partial charge is 0.107 e. The Morgan fingerprint density at radius 2 is 2.00 bits per heavy atom. The summed E-state index contributed by atoms with van der Waals surface area (Å²) in [5, 5.41) is 3.38. The minimum atomic E-state index is 0.526. The van der Waals surface area contributed by atoms with Crippen molar-refractivity contribution in [2.75, 3.05) is 6.54 Å². The highest BCUT2D eigenvalue weighted by molar-refractivity contribution is 5.57.